The lowest BCUT2D eigenvalue weighted by Crippen LogP contribution is -2.39. The Morgan fingerprint density at radius 2 is 2.05 bits per heavy atom. The molecule has 0 aromatic heterocycles. The molecule has 1 aromatic rings. The second-order valence-electron chi connectivity index (χ2n) is 5.32. The molecule has 2 aliphatic heterocycles. The van der Waals surface area contributed by atoms with Gasteiger partial charge in [-0.05, 0) is 37.0 Å². The van der Waals surface area contributed by atoms with E-state index in [9.17, 15) is 4.79 Å². The van der Waals surface area contributed by atoms with Gasteiger partial charge in [-0.15, -0.1) is 0 Å². The lowest BCUT2D eigenvalue weighted by Gasteiger charge is -2.35. The van der Waals surface area contributed by atoms with Gasteiger partial charge in [-0.1, -0.05) is 23.7 Å². The van der Waals surface area contributed by atoms with Crippen molar-refractivity contribution in [2.45, 2.75) is 37.4 Å². The number of ether oxygens (including phenoxy) is 2. The van der Waals surface area contributed by atoms with Gasteiger partial charge in [-0.25, -0.2) is 0 Å². The van der Waals surface area contributed by atoms with Crippen LogP contribution in [0, 0.1) is 5.92 Å². The summed E-state index contributed by atoms with van der Waals surface area (Å²) in [6.07, 6.45) is 3.17. The van der Waals surface area contributed by atoms with Gasteiger partial charge >= 0.3 is 5.97 Å². The lowest BCUT2D eigenvalue weighted by molar-refractivity contribution is -0.156. The highest BCUT2D eigenvalue weighted by Crippen LogP contribution is 2.45. The fraction of sp³-hybridized carbons (Fsp3) is 0.533. The Labute approximate surface area is 117 Å². The first kappa shape index (κ1) is 12.9. The summed E-state index contributed by atoms with van der Waals surface area (Å²) in [5, 5.41) is 0.716. The first-order valence-electron chi connectivity index (χ1n) is 6.68. The maximum atomic E-state index is 12.1. The molecule has 0 N–H and O–H groups in total. The van der Waals surface area contributed by atoms with Crippen LogP contribution in [0.25, 0.3) is 0 Å². The van der Waals surface area contributed by atoms with Crippen molar-refractivity contribution in [2.75, 3.05) is 7.11 Å². The molecule has 4 heteroatoms. The third kappa shape index (κ3) is 2.37. The van der Waals surface area contributed by atoms with Crippen LogP contribution in [0.15, 0.2) is 24.3 Å². The smallest absolute Gasteiger partial charge is 0.311 e. The second kappa shape index (κ2) is 5.14. The van der Waals surface area contributed by atoms with E-state index < -0.39 is 0 Å². The predicted octanol–water partition coefficient (Wildman–Crippen LogP) is 3.16. The fourth-order valence-electron chi connectivity index (χ4n) is 3.37. The van der Waals surface area contributed by atoms with E-state index in [2.05, 4.69) is 0 Å². The van der Waals surface area contributed by atoms with Crippen LogP contribution < -0.4 is 0 Å². The summed E-state index contributed by atoms with van der Waals surface area (Å²) >= 11 is 5.93. The maximum Gasteiger partial charge on any atom is 0.311 e. The molecule has 2 saturated heterocycles. The number of carbonyl (C=O) groups is 1. The van der Waals surface area contributed by atoms with Crippen LogP contribution in [-0.2, 0) is 14.3 Å². The zero-order valence-electron chi connectivity index (χ0n) is 10.8. The molecule has 3 rings (SSSR count). The van der Waals surface area contributed by atoms with Gasteiger partial charge in [0.2, 0.25) is 0 Å². The standard InChI is InChI=1S/C15H17ClO3/c1-18-15(17)14-12(8-11-6-7-13(14)19-11)9-2-4-10(16)5-3-9/h2-5,11-14H,6-8H2,1H3/t11?,12-,13-,14+/m1/s1. The highest BCUT2D eigenvalue weighted by atomic mass is 35.5. The number of methoxy groups -OCH3 is 1. The summed E-state index contributed by atoms with van der Waals surface area (Å²) in [4.78, 5) is 12.1. The fourth-order valence-corrected chi connectivity index (χ4v) is 3.49. The summed E-state index contributed by atoms with van der Waals surface area (Å²) < 4.78 is 10.9. The molecule has 2 bridgehead atoms. The minimum absolute atomic E-state index is 0.00637. The SMILES string of the molecule is COC(=O)[C@H]1[C@@H](c2ccc(Cl)cc2)CC2CC[C@H]1O2. The Kier molecular flexibility index (Phi) is 3.50. The van der Waals surface area contributed by atoms with Crippen LogP contribution in [0.5, 0.6) is 0 Å². The number of benzene rings is 1. The van der Waals surface area contributed by atoms with Gasteiger partial charge in [0.15, 0.2) is 0 Å². The molecule has 0 spiro atoms. The number of esters is 1. The third-order valence-corrected chi connectivity index (χ3v) is 4.51. The van der Waals surface area contributed by atoms with Crippen LogP contribution in [0.1, 0.15) is 30.7 Å². The quantitative estimate of drug-likeness (QED) is 0.781. The molecule has 102 valence electrons. The molecule has 4 atom stereocenters. The van der Waals surface area contributed by atoms with E-state index in [-0.39, 0.29) is 30.0 Å². The van der Waals surface area contributed by atoms with Gasteiger partial charge < -0.3 is 9.47 Å². The number of hydrogen-bond donors (Lipinski definition) is 0. The highest BCUT2D eigenvalue weighted by Gasteiger charge is 2.47. The normalized spacial score (nSPS) is 33.2. The molecule has 0 saturated carbocycles. The minimum atomic E-state index is -0.190. The minimum Gasteiger partial charge on any atom is -0.469 e. The molecule has 0 aliphatic carbocycles. The monoisotopic (exact) mass is 280 g/mol. The third-order valence-electron chi connectivity index (χ3n) is 4.26. The predicted molar refractivity (Wildman–Crippen MR) is 72.2 cm³/mol. The van der Waals surface area contributed by atoms with Crippen molar-refractivity contribution in [3.63, 3.8) is 0 Å². The number of rotatable bonds is 2. The molecular weight excluding hydrogens is 264 g/mol. The van der Waals surface area contributed by atoms with Gasteiger partial charge in [-0.3, -0.25) is 4.79 Å². The van der Waals surface area contributed by atoms with Gasteiger partial charge in [0, 0.05) is 10.9 Å². The summed E-state index contributed by atoms with van der Waals surface area (Å²) in [5.74, 6) is -0.175. The van der Waals surface area contributed by atoms with Crippen LogP contribution in [0.4, 0.5) is 0 Å². The molecule has 1 unspecified atom stereocenters. The van der Waals surface area contributed by atoms with E-state index in [0.717, 1.165) is 24.8 Å². The van der Waals surface area contributed by atoms with E-state index in [4.69, 9.17) is 21.1 Å². The molecule has 2 aliphatic rings. The summed E-state index contributed by atoms with van der Waals surface area (Å²) in [7, 11) is 1.45. The van der Waals surface area contributed by atoms with E-state index in [1.807, 2.05) is 24.3 Å². The summed E-state index contributed by atoms with van der Waals surface area (Å²) in [5.41, 5.74) is 1.15. The number of carbonyl (C=O) groups excluding carboxylic acids is 1. The summed E-state index contributed by atoms with van der Waals surface area (Å²) in [6.45, 7) is 0. The van der Waals surface area contributed by atoms with Crippen molar-refractivity contribution in [1.29, 1.82) is 0 Å². The molecule has 19 heavy (non-hydrogen) atoms. The number of hydrogen-bond acceptors (Lipinski definition) is 3. The van der Waals surface area contributed by atoms with Crippen LogP contribution in [0.2, 0.25) is 5.02 Å². The van der Waals surface area contributed by atoms with Crippen LogP contribution in [-0.4, -0.2) is 25.3 Å². The Morgan fingerprint density at radius 3 is 2.74 bits per heavy atom. The van der Waals surface area contributed by atoms with Crippen molar-refractivity contribution in [1.82, 2.24) is 0 Å². The lowest BCUT2D eigenvalue weighted by atomic mass is 9.79. The van der Waals surface area contributed by atoms with Gasteiger partial charge in [0.05, 0.1) is 25.2 Å². The van der Waals surface area contributed by atoms with E-state index in [0.29, 0.717) is 5.02 Å². The van der Waals surface area contributed by atoms with Gasteiger partial charge in [-0.2, -0.15) is 0 Å². The zero-order valence-corrected chi connectivity index (χ0v) is 11.6. The Bertz CT molecular complexity index is 471. The van der Waals surface area contributed by atoms with Crippen LogP contribution in [0.3, 0.4) is 0 Å². The topological polar surface area (TPSA) is 35.5 Å². The van der Waals surface area contributed by atoms with Crippen molar-refractivity contribution < 1.29 is 14.3 Å². The highest BCUT2D eigenvalue weighted by molar-refractivity contribution is 6.30. The second-order valence-corrected chi connectivity index (χ2v) is 5.75. The van der Waals surface area contributed by atoms with E-state index in [1.165, 1.54) is 7.11 Å². The van der Waals surface area contributed by atoms with Gasteiger partial charge in [0.1, 0.15) is 0 Å². The van der Waals surface area contributed by atoms with Crippen molar-refractivity contribution >= 4 is 17.6 Å². The average molecular weight is 281 g/mol. The Hall–Kier alpha value is -1.06. The molecule has 2 heterocycles. The average Bonchev–Trinajstić information content (AvgIpc) is 2.80. The Morgan fingerprint density at radius 1 is 1.32 bits per heavy atom. The molecule has 3 nitrogen and oxygen atoms in total. The summed E-state index contributed by atoms with van der Waals surface area (Å²) in [6, 6.07) is 7.77. The first-order chi connectivity index (χ1) is 9.19. The van der Waals surface area contributed by atoms with Crippen LogP contribution >= 0.6 is 11.6 Å². The maximum absolute atomic E-state index is 12.1. The first-order valence-corrected chi connectivity index (χ1v) is 7.05. The zero-order chi connectivity index (χ0) is 13.4. The number of halogens is 1. The largest absolute Gasteiger partial charge is 0.469 e. The van der Waals surface area contributed by atoms with E-state index in [1.54, 1.807) is 0 Å². The number of fused-ring (bicyclic) bond motifs is 2. The molecular formula is C15H17ClO3. The van der Waals surface area contributed by atoms with Crippen molar-refractivity contribution in [2.24, 2.45) is 5.92 Å². The van der Waals surface area contributed by atoms with E-state index >= 15 is 0 Å². The van der Waals surface area contributed by atoms with Gasteiger partial charge in [0.25, 0.3) is 0 Å². The Balaban J connectivity index is 1.92. The van der Waals surface area contributed by atoms with Crippen molar-refractivity contribution in [3.8, 4) is 0 Å². The van der Waals surface area contributed by atoms with Crippen molar-refractivity contribution in [3.05, 3.63) is 34.9 Å². The molecule has 1 aromatic carbocycles. The molecule has 0 amide bonds. The molecule has 2 fully saturated rings. The molecule has 0 radical (unpaired) electrons.